The van der Waals surface area contributed by atoms with E-state index in [0.29, 0.717) is 11.5 Å². The van der Waals surface area contributed by atoms with E-state index in [1.165, 1.54) is 0 Å². The van der Waals surface area contributed by atoms with Crippen molar-refractivity contribution < 1.29 is 9.53 Å². The van der Waals surface area contributed by atoms with E-state index in [2.05, 4.69) is 36.7 Å². The molecule has 0 aliphatic carbocycles. The molecule has 0 N–H and O–H groups in total. The Morgan fingerprint density at radius 2 is 2.10 bits per heavy atom. The van der Waals surface area contributed by atoms with Gasteiger partial charge < -0.3 is 9.64 Å². The number of ether oxygens (including phenoxy) is 1. The van der Waals surface area contributed by atoms with Crippen molar-refractivity contribution in [1.29, 1.82) is 0 Å². The number of hydrogen-bond donors (Lipinski definition) is 0. The van der Waals surface area contributed by atoms with E-state index in [4.69, 9.17) is 4.74 Å². The van der Waals surface area contributed by atoms with Crippen LogP contribution >= 0.6 is 15.9 Å². The molecule has 1 aliphatic rings. The van der Waals surface area contributed by atoms with Crippen molar-refractivity contribution in [2.75, 3.05) is 20.2 Å². The lowest BCUT2D eigenvalue weighted by atomic mass is 9.80. The number of likely N-dealkylation sites (tertiary alicyclic amines) is 1. The van der Waals surface area contributed by atoms with Gasteiger partial charge in [0.2, 0.25) is 0 Å². The molecule has 0 radical (unpaired) electrons. The fraction of sp³-hybridized carbons (Fsp3) is 0.562. The number of carbonyl (C=O) groups is 1. The van der Waals surface area contributed by atoms with Gasteiger partial charge >= 0.3 is 0 Å². The maximum absolute atomic E-state index is 12.5. The Kier molecular flexibility index (Phi) is 4.43. The molecule has 0 saturated carbocycles. The first-order chi connectivity index (χ1) is 9.32. The van der Waals surface area contributed by atoms with Gasteiger partial charge in [-0.3, -0.25) is 4.79 Å². The Labute approximate surface area is 129 Å². The molecule has 4 heteroatoms. The molecular weight excluding hydrogens is 318 g/mol. The number of carbonyl (C=O) groups excluding carboxylic acids is 1. The normalized spacial score (nSPS) is 19.2. The van der Waals surface area contributed by atoms with Crippen molar-refractivity contribution in [1.82, 2.24) is 4.90 Å². The Bertz CT molecular complexity index is 508. The van der Waals surface area contributed by atoms with Gasteiger partial charge in [-0.25, -0.2) is 0 Å². The van der Waals surface area contributed by atoms with Crippen LogP contribution in [-0.2, 0) is 0 Å². The molecule has 2 rings (SSSR count). The van der Waals surface area contributed by atoms with Gasteiger partial charge in [0.25, 0.3) is 5.91 Å². The Hall–Kier alpha value is -1.03. The van der Waals surface area contributed by atoms with Gasteiger partial charge in [-0.1, -0.05) is 20.8 Å². The molecule has 1 atom stereocenters. The van der Waals surface area contributed by atoms with E-state index < -0.39 is 0 Å². The molecule has 20 heavy (non-hydrogen) atoms. The molecule has 3 nitrogen and oxygen atoms in total. The summed E-state index contributed by atoms with van der Waals surface area (Å²) < 4.78 is 6.01. The number of benzene rings is 1. The van der Waals surface area contributed by atoms with E-state index in [1.807, 2.05) is 23.1 Å². The number of amides is 1. The third-order valence-corrected chi connectivity index (χ3v) is 4.72. The summed E-state index contributed by atoms with van der Waals surface area (Å²) in [5.41, 5.74) is 0.974. The lowest BCUT2D eigenvalue weighted by Crippen LogP contribution is -2.31. The zero-order valence-corrected chi connectivity index (χ0v) is 14.2. The van der Waals surface area contributed by atoms with Crippen LogP contribution in [0.15, 0.2) is 22.7 Å². The van der Waals surface area contributed by atoms with Crippen LogP contribution in [0.2, 0.25) is 0 Å². The highest BCUT2D eigenvalue weighted by Gasteiger charge is 2.34. The number of methoxy groups -OCH3 is 1. The molecule has 0 aromatic heterocycles. The predicted molar refractivity (Wildman–Crippen MR) is 84.2 cm³/mol. The van der Waals surface area contributed by atoms with Crippen molar-refractivity contribution in [3.63, 3.8) is 0 Å². The minimum atomic E-state index is 0.111. The van der Waals surface area contributed by atoms with Crippen molar-refractivity contribution in [3.05, 3.63) is 28.2 Å². The van der Waals surface area contributed by atoms with Crippen LogP contribution in [0.1, 0.15) is 37.6 Å². The average molecular weight is 340 g/mol. The zero-order valence-electron chi connectivity index (χ0n) is 12.6. The second-order valence-corrected chi connectivity index (χ2v) is 7.31. The third-order valence-electron chi connectivity index (χ3n) is 4.10. The molecule has 1 fully saturated rings. The van der Waals surface area contributed by atoms with Crippen LogP contribution in [0.5, 0.6) is 5.75 Å². The minimum Gasteiger partial charge on any atom is -0.496 e. The largest absolute Gasteiger partial charge is 0.496 e. The molecule has 1 amide bonds. The maximum Gasteiger partial charge on any atom is 0.253 e. The van der Waals surface area contributed by atoms with Crippen molar-refractivity contribution in [2.45, 2.75) is 27.2 Å². The van der Waals surface area contributed by atoms with Crippen molar-refractivity contribution >= 4 is 21.8 Å². The van der Waals surface area contributed by atoms with E-state index in [1.54, 1.807) is 7.11 Å². The number of nitrogens with zero attached hydrogens (tertiary/aromatic N) is 1. The molecule has 1 aliphatic heterocycles. The number of rotatable bonds is 2. The van der Waals surface area contributed by atoms with Gasteiger partial charge in [0.05, 0.1) is 11.6 Å². The van der Waals surface area contributed by atoms with Gasteiger partial charge in [0.1, 0.15) is 5.75 Å². The first-order valence-electron chi connectivity index (χ1n) is 6.95. The van der Waals surface area contributed by atoms with Crippen molar-refractivity contribution in [3.8, 4) is 5.75 Å². The first kappa shape index (κ1) is 15.4. The summed E-state index contributed by atoms with van der Waals surface area (Å²) in [7, 11) is 1.62. The molecule has 1 aromatic carbocycles. The number of hydrogen-bond acceptors (Lipinski definition) is 2. The van der Waals surface area contributed by atoms with Crippen LogP contribution in [0.4, 0.5) is 0 Å². The smallest absolute Gasteiger partial charge is 0.253 e. The van der Waals surface area contributed by atoms with E-state index >= 15 is 0 Å². The highest BCUT2D eigenvalue weighted by molar-refractivity contribution is 9.10. The fourth-order valence-electron chi connectivity index (χ4n) is 2.63. The Balaban J connectivity index is 2.11. The zero-order chi connectivity index (χ0) is 14.9. The second kappa shape index (κ2) is 5.76. The molecule has 1 unspecified atom stereocenters. The Morgan fingerprint density at radius 1 is 1.40 bits per heavy atom. The monoisotopic (exact) mass is 339 g/mol. The maximum atomic E-state index is 12.5. The third kappa shape index (κ3) is 3.17. The SMILES string of the molecule is COc1ccc(C(=O)N2CCC(C(C)(C)C)C2)cc1Br. The standard InChI is InChI=1S/C16H22BrNO2/c1-16(2,3)12-7-8-18(10-12)15(19)11-5-6-14(20-4)13(17)9-11/h5-6,9,12H,7-8,10H2,1-4H3. The quantitative estimate of drug-likeness (QED) is 0.815. The van der Waals surface area contributed by atoms with Crippen LogP contribution in [0, 0.1) is 11.3 Å². The summed E-state index contributed by atoms with van der Waals surface area (Å²) in [6, 6.07) is 5.50. The number of halogens is 1. The van der Waals surface area contributed by atoms with Crippen LogP contribution < -0.4 is 4.74 Å². The molecule has 1 heterocycles. The summed E-state index contributed by atoms with van der Waals surface area (Å²) >= 11 is 3.43. The van der Waals surface area contributed by atoms with Gasteiger partial charge in [0.15, 0.2) is 0 Å². The van der Waals surface area contributed by atoms with Gasteiger partial charge in [-0.05, 0) is 51.9 Å². The molecular formula is C16H22BrNO2. The van der Waals surface area contributed by atoms with Gasteiger partial charge in [-0.2, -0.15) is 0 Å². The van der Waals surface area contributed by atoms with Crippen molar-refractivity contribution in [2.24, 2.45) is 11.3 Å². The fourth-order valence-corrected chi connectivity index (χ4v) is 3.17. The predicted octanol–water partition coefficient (Wildman–Crippen LogP) is 3.97. The first-order valence-corrected chi connectivity index (χ1v) is 7.75. The highest BCUT2D eigenvalue weighted by Crippen LogP contribution is 2.34. The summed E-state index contributed by atoms with van der Waals surface area (Å²) in [6.45, 7) is 8.44. The van der Waals surface area contributed by atoms with Gasteiger partial charge in [0, 0.05) is 18.7 Å². The van der Waals surface area contributed by atoms with Crippen LogP contribution in [-0.4, -0.2) is 31.0 Å². The van der Waals surface area contributed by atoms with E-state index in [0.717, 1.165) is 29.7 Å². The molecule has 0 spiro atoms. The molecule has 1 aromatic rings. The molecule has 0 bridgehead atoms. The molecule has 1 saturated heterocycles. The van der Waals surface area contributed by atoms with Gasteiger partial charge in [-0.15, -0.1) is 0 Å². The summed E-state index contributed by atoms with van der Waals surface area (Å²) in [6.07, 6.45) is 1.09. The topological polar surface area (TPSA) is 29.5 Å². The van der Waals surface area contributed by atoms with Crippen LogP contribution in [0.25, 0.3) is 0 Å². The summed E-state index contributed by atoms with van der Waals surface area (Å²) in [4.78, 5) is 14.5. The second-order valence-electron chi connectivity index (χ2n) is 6.45. The average Bonchev–Trinajstić information content (AvgIpc) is 2.87. The Morgan fingerprint density at radius 3 is 2.60 bits per heavy atom. The highest BCUT2D eigenvalue weighted by atomic mass is 79.9. The lowest BCUT2D eigenvalue weighted by Gasteiger charge is -2.27. The minimum absolute atomic E-state index is 0.111. The van der Waals surface area contributed by atoms with E-state index in [-0.39, 0.29) is 11.3 Å². The molecule has 110 valence electrons. The van der Waals surface area contributed by atoms with Crippen LogP contribution in [0.3, 0.4) is 0 Å². The lowest BCUT2D eigenvalue weighted by molar-refractivity contribution is 0.0776. The summed E-state index contributed by atoms with van der Waals surface area (Å²) in [5.74, 6) is 1.43. The summed E-state index contributed by atoms with van der Waals surface area (Å²) in [5, 5.41) is 0. The van der Waals surface area contributed by atoms with E-state index in [9.17, 15) is 4.79 Å².